The third-order valence-electron chi connectivity index (χ3n) is 4.21. The van der Waals surface area contributed by atoms with Crippen LogP contribution in [0.25, 0.3) is 0 Å². The lowest BCUT2D eigenvalue weighted by Crippen LogP contribution is -2.42. The number of hydrogen-bond acceptors (Lipinski definition) is 3. The van der Waals surface area contributed by atoms with Crippen molar-refractivity contribution in [1.82, 2.24) is 9.80 Å². The molecule has 0 heterocycles. The summed E-state index contributed by atoms with van der Waals surface area (Å²) in [6.45, 7) is 5.38. The van der Waals surface area contributed by atoms with E-state index in [1.54, 1.807) is 6.07 Å². The minimum absolute atomic E-state index is 0.0559. The fraction of sp³-hybridized carbons (Fsp3) is 0.381. The zero-order chi connectivity index (χ0) is 19.1. The molecule has 2 aromatic carbocycles. The van der Waals surface area contributed by atoms with E-state index in [0.29, 0.717) is 13.1 Å². The molecule has 1 amide bonds. The van der Waals surface area contributed by atoms with Crippen LogP contribution < -0.4 is 4.74 Å². The average Bonchev–Trinajstić information content (AvgIpc) is 2.60. The number of halogens is 1. The molecule has 140 valence electrons. The van der Waals surface area contributed by atoms with E-state index < -0.39 is 5.82 Å². The lowest BCUT2D eigenvalue weighted by Gasteiger charge is -2.29. The van der Waals surface area contributed by atoms with Crippen LogP contribution in [0.15, 0.2) is 48.5 Å². The normalized spacial score (nSPS) is 11.0. The van der Waals surface area contributed by atoms with Crippen LogP contribution >= 0.6 is 0 Å². The lowest BCUT2D eigenvalue weighted by atomic mass is 10.1. The van der Waals surface area contributed by atoms with Crippen LogP contribution in [0.4, 0.5) is 4.39 Å². The van der Waals surface area contributed by atoms with E-state index in [1.807, 2.05) is 67.1 Å². The van der Waals surface area contributed by atoms with Crippen molar-refractivity contribution in [3.8, 4) is 5.75 Å². The quantitative estimate of drug-likeness (QED) is 0.721. The molecule has 0 aliphatic carbocycles. The summed E-state index contributed by atoms with van der Waals surface area (Å²) in [5, 5.41) is 0. The van der Waals surface area contributed by atoms with Crippen LogP contribution in [0.1, 0.15) is 25.0 Å². The van der Waals surface area contributed by atoms with Gasteiger partial charge in [0.25, 0.3) is 0 Å². The first-order valence-electron chi connectivity index (χ1n) is 8.75. The standard InChI is InChI=1S/C21H27FN2O2/c1-16(2)24(14-17-8-6-5-7-9-17)21(25)15-23(3)13-18-10-11-20(26-4)19(22)12-18/h5-12,16H,13-15H2,1-4H3. The summed E-state index contributed by atoms with van der Waals surface area (Å²) < 4.78 is 18.8. The van der Waals surface area contributed by atoms with Crippen molar-refractivity contribution in [1.29, 1.82) is 0 Å². The summed E-state index contributed by atoms with van der Waals surface area (Å²) in [6.07, 6.45) is 0. The Bertz CT molecular complexity index is 719. The maximum Gasteiger partial charge on any atom is 0.237 e. The van der Waals surface area contributed by atoms with Crippen molar-refractivity contribution in [2.75, 3.05) is 20.7 Å². The van der Waals surface area contributed by atoms with Crippen LogP contribution in [0.5, 0.6) is 5.75 Å². The first-order chi connectivity index (χ1) is 12.4. The van der Waals surface area contributed by atoms with E-state index in [1.165, 1.54) is 13.2 Å². The molecular formula is C21H27FN2O2. The summed E-state index contributed by atoms with van der Waals surface area (Å²) >= 11 is 0. The van der Waals surface area contributed by atoms with Crippen LogP contribution in [-0.2, 0) is 17.9 Å². The summed E-state index contributed by atoms with van der Waals surface area (Å²) in [5.74, 6) is -0.112. The molecule has 0 saturated heterocycles. The van der Waals surface area contributed by atoms with E-state index in [0.717, 1.165) is 11.1 Å². The Hall–Kier alpha value is -2.40. The molecule has 2 aromatic rings. The fourth-order valence-electron chi connectivity index (χ4n) is 2.84. The van der Waals surface area contributed by atoms with Gasteiger partial charge in [0.15, 0.2) is 11.6 Å². The Balaban J connectivity index is 1.98. The number of amides is 1. The highest BCUT2D eigenvalue weighted by Gasteiger charge is 2.19. The number of rotatable bonds is 8. The second kappa shape index (κ2) is 9.34. The van der Waals surface area contributed by atoms with Gasteiger partial charge in [-0.1, -0.05) is 36.4 Å². The smallest absolute Gasteiger partial charge is 0.237 e. The van der Waals surface area contributed by atoms with Crippen LogP contribution in [-0.4, -0.2) is 42.5 Å². The molecule has 0 aliphatic heterocycles. The Labute approximate surface area is 155 Å². The predicted octanol–water partition coefficient (Wildman–Crippen LogP) is 3.70. The predicted molar refractivity (Wildman–Crippen MR) is 101 cm³/mol. The van der Waals surface area contributed by atoms with E-state index in [2.05, 4.69) is 0 Å². The number of benzene rings is 2. The molecule has 0 unspecified atom stereocenters. The zero-order valence-corrected chi connectivity index (χ0v) is 15.9. The molecule has 0 aliphatic rings. The van der Waals surface area contributed by atoms with Gasteiger partial charge in [0.2, 0.25) is 5.91 Å². The number of ether oxygens (including phenoxy) is 1. The molecule has 5 heteroatoms. The Kier molecular flexibility index (Phi) is 7.16. The first-order valence-corrected chi connectivity index (χ1v) is 8.75. The molecule has 2 rings (SSSR count). The summed E-state index contributed by atoms with van der Waals surface area (Å²) in [7, 11) is 3.30. The molecule has 0 aromatic heterocycles. The van der Waals surface area contributed by atoms with Gasteiger partial charge < -0.3 is 9.64 Å². The number of hydrogen-bond donors (Lipinski definition) is 0. The molecule has 0 bridgehead atoms. The average molecular weight is 358 g/mol. The molecular weight excluding hydrogens is 331 g/mol. The fourth-order valence-corrected chi connectivity index (χ4v) is 2.84. The summed E-state index contributed by atoms with van der Waals surface area (Å²) in [4.78, 5) is 16.5. The van der Waals surface area contributed by atoms with E-state index in [-0.39, 0.29) is 24.2 Å². The highest BCUT2D eigenvalue weighted by atomic mass is 19.1. The Morgan fingerprint density at radius 3 is 2.35 bits per heavy atom. The maximum atomic E-state index is 13.8. The van der Waals surface area contributed by atoms with Gasteiger partial charge >= 0.3 is 0 Å². The number of methoxy groups -OCH3 is 1. The number of carbonyl (C=O) groups excluding carboxylic acids is 1. The monoisotopic (exact) mass is 358 g/mol. The molecule has 0 spiro atoms. The molecule has 4 nitrogen and oxygen atoms in total. The van der Waals surface area contributed by atoms with Gasteiger partial charge in [0.05, 0.1) is 13.7 Å². The van der Waals surface area contributed by atoms with Crippen molar-refractivity contribution < 1.29 is 13.9 Å². The molecule has 0 atom stereocenters. The molecule has 0 fully saturated rings. The van der Waals surface area contributed by atoms with Gasteiger partial charge in [0.1, 0.15) is 0 Å². The van der Waals surface area contributed by atoms with Gasteiger partial charge in [-0.3, -0.25) is 9.69 Å². The largest absolute Gasteiger partial charge is 0.494 e. The Morgan fingerprint density at radius 1 is 1.08 bits per heavy atom. The highest BCUT2D eigenvalue weighted by molar-refractivity contribution is 5.78. The summed E-state index contributed by atoms with van der Waals surface area (Å²) in [6, 6.07) is 14.9. The maximum absolute atomic E-state index is 13.8. The topological polar surface area (TPSA) is 32.8 Å². The second-order valence-electron chi connectivity index (χ2n) is 6.74. The second-order valence-corrected chi connectivity index (χ2v) is 6.74. The van der Waals surface area contributed by atoms with E-state index >= 15 is 0 Å². The molecule has 26 heavy (non-hydrogen) atoms. The van der Waals surface area contributed by atoms with E-state index in [9.17, 15) is 9.18 Å². The SMILES string of the molecule is COc1ccc(CN(C)CC(=O)N(Cc2ccccc2)C(C)C)cc1F. The van der Waals surface area contributed by atoms with Crippen LogP contribution in [0.2, 0.25) is 0 Å². The van der Waals surface area contributed by atoms with Crippen molar-refractivity contribution >= 4 is 5.91 Å². The first kappa shape index (κ1) is 19.9. The van der Waals surface area contributed by atoms with Crippen molar-refractivity contribution in [3.63, 3.8) is 0 Å². The van der Waals surface area contributed by atoms with Gasteiger partial charge in [-0.05, 0) is 44.2 Å². The van der Waals surface area contributed by atoms with Crippen molar-refractivity contribution in [2.45, 2.75) is 33.0 Å². The van der Waals surface area contributed by atoms with Crippen LogP contribution in [0.3, 0.4) is 0 Å². The van der Waals surface area contributed by atoms with Gasteiger partial charge in [-0.15, -0.1) is 0 Å². The van der Waals surface area contributed by atoms with Crippen molar-refractivity contribution in [2.24, 2.45) is 0 Å². The number of likely N-dealkylation sites (N-methyl/N-ethyl adjacent to an activating group) is 1. The number of carbonyl (C=O) groups is 1. The van der Waals surface area contributed by atoms with Crippen LogP contribution in [0, 0.1) is 5.82 Å². The summed E-state index contributed by atoms with van der Waals surface area (Å²) in [5.41, 5.74) is 1.91. The number of nitrogens with zero attached hydrogens (tertiary/aromatic N) is 2. The zero-order valence-electron chi connectivity index (χ0n) is 15.9. The third kappa shape index (κ3) is 5.56. The highest BCUT2D eigenvalue weighted by Crippen LogP contribution is 2.18. The van der Waals surface area contributed by atoms with Gasteiger partial charge in [-0.2, -0.15) is 0 Å². The van der Waals surface area contributed by atoms with E-state index in [4.69, 9.17) is 4.74 Å². The molecule has 0 saturated carbocycles. The van der Waals surface area contributed by atoms with Gasteiger partial charge in [0, 0.05) is 19.1 Å². The minimum Gasteiger partial charge on any atom is -0.494 e. The minimum atomic E-state index is -0.391. The molecule has 0 radical (unpaired) electrons. The van der Waals surface area contributed by atoms with Crippen molar-refractivity contribution in [3.05, 3.63) is 65.5 Å². The lowest BCUT2D eigenvalue weighted by molar-refractivity contribution is -0.134. The Morgan fingerprint density at radius 2 is 1.77 bits per heavy atom. The third-order valence-corrected chi connectivity index (χ3v) is 4.21. The molecule has 0 N–H and O–H groups in total. The van der Waals surface area contributed by atoms with Gasteiger partial charge in [-0.25, -0.2) is 4.39 Å².